The second-order valence-electron chi connectivity index (χ2n) is 9.41. The van der Waals surface area contributed by atoms with E-state index in [1.807, 2.05) is 17.9 Å². The molecule has 2 aromatic carbocycles. The molecule has 2 aliphatic rings. The molecule has 194 valence electrons. The van der Waals surface area contributed by atoms with Crippen LogP contribution in [-0.4, -0.2) is 62.8 Å². The van der Waals surface area contributed by atoms with Gasteiger partial charge in [-0.3, -0.25) is 9.59 Å². The average Bonchev–Trinajstić information content (AvgIpc) is 2.92. The molecule has 0 unspecified atom stereocenters. The number of ether oxygens (including phenoxy) is 3. The number of piperidine rings is 1. The van der Waals surface area contributed by atoms with Gasteiger partial charge in [-0.1, -0.05) is 12.1 Å². The van der Waals surface area contributed by atoms with E-state index in [-0.39, 0.29) is 24.2 Å². The first-order valence-electron chi connectivity index (χ1n) is 12.8. The summed E-state index contributed by atoms with van der Waals surface area (Å²) in [4.78, 5) is 27.4. The fourth-order valence-corrected chi connectivity index (χ4v) is 4.91. The summed E-state index contributed by atoms with van der Waals surface area (Å²) < 4.78 is 31.0. The molecule has 2 fully saturated rings. The normalized spacial score (nSPS) is 17.3. The van der Waals surface area contributed by atoms with Crippen LogP contribution in [0.1, 0.15) is 54.9 Å². The van der Waals surface area contributed by atoms with E-state index in [1.165, 1.54) is 6.07 Å². The van der Waals surface area contributed by atoms with Gasteiger partial charge in [-0.05, 0) is 74.9 Å². The van der Waals surface area contributed by atoms with Crippen LogP contribution in [0.3, 0.4) is 0 Å². The molecule has 0 aliphatic carbocycles. The Morgan fingerprint density at radius 3 is 2.53 bits per heavy atom. The lowest BCUT2D eigenvalue weighted by molar-refractivity contribution is -0.134. The van der Waals surface area contributed by atoms with E-state index < -0.39 is 5.41 Å². The summed E-state index contributed by atoms with van der Waals surface area (Å²) in [6.45, 7) is 5.19. The first-order valence-corrected chi connectivity index (χ1v) is 12.8. The van der Waals surface area contributed by atoms with Crippen molar-refractivity contribution in [3.05, 3.63) is 59.4 Å². The van der Waals surface area contributed by atoms with E-state index in [0.29, 0.717) is 56.3 Å². The largest absolute Gasteiger partial charge is 0.490 e. The zero-order chi connectivity index (χ0) is 25.4. The Kier molecular flexibility index (Phi) is 8.80. The minimum Gasteiger partial charge on any atom is -0.490 e. The smallest absolute Gasteiger partial charge is 0.260 e. The van der Waals surface area contributed by atoms with Crippen molar-refractivity contribution in [1.82, 2.24) is 10.2 Å². The highest BCUT2D eigenvalue weighted by Crippen LogP contribution is 2.35. The fourth-order valence-electron chi connectivity index (χ4n) is 4.91. The molecule has 4 rings (SSSR count). The van der Waals surface area contributed by atoms with Crippen molar-refractivity contribution in [2.45, 2.75) is 44.4 Å². The van der Waals surface area contributed by atoms with Gasteiger partial charge in [0.25, 0.3) is 11.8 Å². The molecule has 0 radical (unpaired) electrons. The van der Waals surface area contributed by atoms with Gasteiger partial charge in [0.1, 0.15) is 5.82 Å². The van der Waals surface area contributed by atoms with E-state index in [0.717, 1.165) is 37.9 Å². The Labute approximate surface area is 211 Å². The van der Waals surface area contributed by atoms with Gasteiger partial charge in [-0.25, -0.2) is 4.39 Å². The lowest BCUT2D eigenvalue weighted by Crippen LogP contribution is -2.44. The maximum absolute atomic E-state index is 14.0. The van der Waals surface area contributed by atoms with E-state index in [4.69, 9.17) is 14.2 Å². The van der Waals surface area contributed by atoms with E-state index in [2.05, 4.69) is 5.32 Å². The van der Waals surface area contributed by atoms with E-state index in [1.54, 1.807) is 30.3 Å². The molecule has 1 N–H and O–H groups in total. The number of hydrogen-bond acceptors (Lipinski definition) is 5. The van der Waals surface area contributed by atoms with Crippen LogP contribution in [-0.2, 0) is 14.9 Å². The molecule has 0 aromatic heterocycles. The molecule has 0 atom stereocenters. The number of nitrogens with one attached hydrogen (secondary N) is 1. The van der Waals surface area contributed by atoms with Crippen LogP contribution in [0, 0.1) is 5.82 Å². The zero-order valence-corrected chi connectivity index (χ0v) is 20.9. The Bertz CT molecular complexity index is 1050. The zero-order valence-electron chi connectivity index (χ0n) is 20.9. The lowest BCUT2D eigenvalue weighted by atomic mass is 9.74. The number of carbonyl (C=O) groups is 2. The molecular formula is C28H35FN2O5. The van der Waals surface area contributed by atoms with Crippen molar-refractivity contribution >= 4 is 11.8 Å². The number of halogens is 1. The minimum absolute atomic E-state index is 0.0434. The van der Waals surface area contributed by atoms with Crippen LogP contribution >= 0.6 is 0 Å². The van der Waals surface area contributed by atoms with Crippen LogP contribution in [0.4, 0.5) is 4.39 Å². The molecule has 8 heteroatoms. The van der Waals surface area contributed by atoms with Gasteiger partial charge in [0.05, 0.1) is 6.61 Å². The van der Waals surface area contributed by atoms with Gasteiger partial charge >= 0.3 is 0 Å². The summed E-state index contributed by atoms with van der Waals surface area (Å²) in [5.41, 5.74) is 0.897. The summed E-state index contributed by atoms with van der Waals surface area (Å²) >= 11 is 0. The number of benzene rings is 2. The van der Waals surface area contributed by atoms with Crippen LogP contribution in [0.5, 0.6) is 11.5 Å². The number of likely N-dealkylation sites (tertiary alicyclic amines) is 1. The fraction of sp³-hybridized carbons (Fsp3) is 0.500. The summed E-state index contributed by atoms with van der Waals surface area (Å²) in [5, 5.41) is 3.04. The van der Waals surface area contributed by atoms with Gasteiger partial charge in [-0.2, -0.15) is 0 Å². The van der Waals surface area contributed by atoms with Crippen LogP contribution < -0.4 is 14.8 Å². The maximum Gasteiger partial charge on any atom is 0.260 e. The highest BCUT2D eigenvalue weighted by Gasteiger charge is 2.35. The van der Waals surface area contributed by atoms with Crippen LogP contribution in [0.15, 0.2) is 42.5 Å². The molecule has 2 aromatic rings. The van der Waals surface area contributed by atoms with Gasteiger partial charge in [0.2, 0.25) is 0 Å². The van der Waals surface area contributed by atoms with Crippen molar-refractivity contribution in [3.8, 4) is 11.5 Å². The third kappa shape index (κ3) is 6.35. The maximum atomic E-state index is 14.0. The topological polar surface area (TPSA) is 77.1 Å². The van der Waals surface area contributed by atoms with Crippen molar-refractivity contribution in [1.29, 1.82) is 0 Å². The number of hydrogen-bond donors (Lipinski definition) is 1. The van der Waals surface area contributed by atoms with E-state index in [9.17, 15) is 14.0 Å². The molecular weight excluding hydrogens is 463 g/mol. The quantitative estimate of drug-likeness (QED) is 0.564. The van der Waals surface area contributed by atoms with Crippen LogP contribution in [0.25, 0.3) is 0 Å². The molecule has 2 heterocycles. The first-order chi connectivity index (χ1) is 17.5. The molecule has 2 saturated heterocycles. The third-order valence-corrected chi connectivity index (χ3v) is 7.04. The van der Waals surface area contributed by atoms with Crippen molar-refractivity contribution in [2.24, 2.45) is 0 Å². The summed E-state index contributed by atoms with van der Waals surface area (Å²) in [5.74, 6) is 0.259. The third-order valence-electron chi connectivity index (χ3n) is 7.04. The Morgan fingerprint density at radius 2 is 1.81 bits per heavy atom. The van der Waals surface area contributed by atoms with Gasteiger partial charge in [0.15, 0.2) is 18.1 Å². The average molecular weight is 499 g/mol. The SMILES string of the molecule is CCOc1cc(C(=O)NCC2(c3cccc(F)c3)CCOCC2)ccc1OCC(=O)N1CCCCC1. The Hall–Kier alpha value is -3.13. The highest BCUT2D eigenvalue weighted by atomic mass is 19.1. The number of carbonyl (C=O) groups excluding carboxylic acids is 2. The molecule has 36 heavy (non-hydrogen) atoms. The molecule has 0 saturated carbocycles. The summed E-state index contributed by atoms with van der Waals surface area (Å²) in [6, 6.07) is 11.5. The molecule has 7 nitrogen and oxygen atoms in total. The predicted octanol–water partition coefficient (Wildman–Crippen LogP) is 4.09. The standard InChI is InChI=1S/C28H35FN2O5/c1-2-35-25-17-21(9-10-24(25)36-19-26(32)31-13-4-3-5-14-31)27(33)30-20-28(11-15-34-16-12-28)22-7-6-8-23(29)18-22/h6-10,17-18H,2-5,11-16,19-20H2,1H3,(H,30,33). The first kappa shape index (κ1) is 25.9. The Morgan fingerprint density at radius 1 is 1.03 bits per heavy atom. The van der Waals surface area contributed by atoms with Crippen LogP contribution in [0.2, 0.25) is 0 Å². The number of amides is 2. The van der Waals surface area contributed by atoms with Gasteiger partial charge < -0.3 is 24.4 Å². The van der Waals surface area contributed by atoms with Crippen molar-refractivity contribution in [3.63, 3.8) is 0 Å². The summed E-state index contributed by atoms with van der Waals surface area (Å²) in [6.07, 6.45) is 4.58. The van der Waals surface area contributed by atoms with Gasteiger partial charge in [0, 0.05) is 43.8 Å². The van der Waals surface area contributed by atoms with Crippen molar-refractivity contribution < 1.29 is 28.2 Å². The highest BCUT2D eigenvalue weighted by molar-refractivity contribution is 5.95. The molecule has 2 amide bonds. The minimum atomic E-state index is -0.392. The second kappa shape index (κ2) is 12.2. The lowest BCUT2D eigenvalue weighted by Gasteiger charge is -2.38. The second-order valence-corrected chi connectivity index (χ2v) is 9.41. The summed E-state index contributed by atoms with van der Waals surface area (Å²) in [7, 11) is 0. The number of nitrogens with zero attached hydrogens (tertiary/aromatic N) is 1. The molecule has 0 spiro atoms. The monoisotopic (exact) mass is 498 g/mol. The predicted molar refractivity (Wildman–Crippen MR) is 134 cm³/mol. The van der Waals surface area contributed by atoms with E-state index >= 15 is 0 Å². The number of rotatable bonds is 9. The Balaban J connectivity index is 1.43. The van der Waals surface area contributed by atoms with Crippen molar-refractivity contribution in [2.75, 3.05) is 46.1 Å². The van der Waals surface area contributed by atoms with Gasteiger partial charge in [-0.15, -0.1) is 0 Å². The molecule has 0 bridgehead atoms. The molecule has 2 aliphatic heterocycles.